The SMILES string of the molecule is C=CCCCN(C)C(=NCc1ccccc1CN(C)C)NCC. The van der Waals surface area contributed by atoms with E-state index in [-0.39, 0.29) is 0 Å². The van der Waals surface area contributed by atoms with Crippen molar-refractivity contribution < 1.29 is 0 Å². The summed E-state index contributed by atoms with van der Waals surface area (Å²) in [4.78, 5) is 9.20. The van der Waals surface area contributed by atoms with Crippen LogP contribution in [0.3, 0.4) is 0 Å². The van der Waals surface area contributed by atoms with Gasteiger partial charge < -0.3 is 15.1 Å². The molecule has 23 heavy (non-hydrogen) atoms. The van der Waals surface area contributed by atoms with Crippen LogP contribution in [0.2, 0.25) is 0 Å². The lowest BCUT2D eigenvalue weighted by atomic mass is 10.1. The molecule has 0 radical (unpaired) electrons. The van der Waals surface area contributed by atoms with E-state index in [0.717, 1.165) is 38.4 Å². The molecule has 0 heterocycles. The third kappa shape index (κ3) is 7.33. The fraction of sp³-hybridized carbons (Fsp3) is 0.526. The van der Waals surface area contributed by atoms with Gasteiger partial charge in [0.1, 0.15) is 0 Å². The molecule has 128 valence electrons. The van der Waals surface area contributed by atoms with Crippen LogP contribution in [-0.2, 0) is 13.1 Å². The van der Waals surface area contributed by atoms with Crippen molar-refractivity contribution in [1.29, 1.82) is 0 Å². The van der Waals surface area contributed by atoms with Crippen molar-refractivity contribution in [3.05, 3.63) is 48.0 Å². The molecular formula is C19H32N4. The van der Waals surface area contributed by atoms with E-state index in [4.69, 9.17) is 4.99 Å². The number of hydrogen-bond donors (Lipinski definition) is 1. The molecule has 0 saturated carbocycles. The first-order chi connectivity index (χ1) is 11.1. The van der Waals surface area contributed by atoms with E-state index in [1.807, 2.05) is 6.08 Å². The average Bonchev–Trinajstić information content (AvgIpc) is 2.52. The Balaban J connectivity index is 2.78. The standard InChI is InChI=1S/C19H32N4/c1-6-8-11-14-23(5)19(20-7-2)21-15-17-12-9-10-13-18(17)16-22(3)4/h6,9-10,12-13H,1,7-8,11,14-16H2,2-5H3,(H,20,21). The summed E-state index contributed by atoms with van der Waals surface area (Å²) in [6.07, 6.45) is 4.10. The Labute approximate surface area is 141 Å². The molecule has 0 bridgehead atoms. The summed E-state index contributed by atoms with van der Waals surface area (Å²) in [6.45, 7) is 9.39. The summed E-state index contributed by atoms with van der Waals surface area (Å²) in [5.41, 5.74) is 2.63. The van der Waals surface area contributed by atoms with E-state index in [0.29, 0.717) is 6.54 Å². The highest BCUT2D eigenvalue weighted by Gasteiger charge is 2.07. The van der Waals surface area contributed by atoms with Gasteiger partial charge in [-0.3, -0.25) is 0 Å². The summed E-state index contributed by atoms with van der Waals surface area (Å²) < 4.78 is 0. The first kappa shape index (κ1) is 19.2. The Kier molecular flexibility index (Phi) is 9.07. The number of hydrogen-bond acceptors (Lipinski definition) is 2. The van der Waals surface area contributed by atoms with Gasteiger partial charge in [0, 0.05) is 26.7 Å². The molecule has 4 nitrogen and oxygen atoms in total. The Morgan fingerprint density at radius 1 is 1.22 bits per heavy atom. The molecule has 1 N–H and O–H groups in total. The van der Waals surface area contributed by atoms with Crippen LogP contribution in [0.25, 0.3) is 0 Å². The van der Waals surface area contributed by atoms with E-state index in [1.165, 1.54) is 11.1 Å². The predicted molar refractivity (Wildman–Crippen MR) is 101 cm³/mol. The third-order valence-corrected chi connectivity index (χ3v) is 3.60. The van der Waals surface area contributed by atoms with Crippen molar-refractivity contribution in [2.24, 2.45) is 4.99 Å². The average molecular weight is 316 g/mol. The zero-order valence-electron chi connectivity index (χ0n) is 15.2. The molecule has 0 aromatic heterocycles. The smallest absolute Gasteiger partial charge is 0.193 e. The summed E-state index contributed by atoms with van der Waals surface area (Å²) in [6, 6.07) is 8.54. The maximum Gasteiger partial charge on any atom is 0.193 e. The monoisotopic (exact) mass is 316 g/mol. The zero-order valence-corrected chi connectivity index (χ0v) is 15.2. The summed E-state index contributed by atoms with van der Waals surface area (Å²) in [5.74, 6) is 0.969. The number of benzene rings is 1. The minimum absolute atomic E-state index is 0.706. The minimum Gasteiger partial charge on any atom is -0.357 e. The van der Waals surface area contributed by atoms with Crippen molar-refractivity contribution in [3.8, 4) is 0 Å². The molecule has 0 aliphatic heterocycles. The fourth-order valence-electron chi connectivity index (χ4n) is 2.42. The van der Waals surface area contributed by atoms with Crippen molar-refractivity contribution in [3.63, 3.8) is 0 Å². The van der Waals surface area contributed by atoms with Crippen LogP contribution in [0.4, 0.5) is 0 Å². The van der Waals surface area contributed by atoms with E-state index >= 15 is 0 Å². The van der Waals surface area contributed by atoms with Gasteiger partial charge in [-0.25, -0.2) is 4.99 Å². The van der Waals surface area contributed by atoms with Crippen molar-refractivity contribution in [2.75, 3.05) is 34.2 Å². The molecule has 0 spiro atoms. The quantitative estimate of drug-likeness (QED) is 0.329. The fourth-order valence-corrected chi connectivity index (χ4v) is 2.42. The van der Waals surface area contributed by atoms with Gasteiger partial charge in [0.05, 0.1) is 6.54 Å². The van der Waals surface area contributed by atoms with Crippen LogP contribution < -0.4 is 5.32 Å². The third-order valence-electron chi connectivity index (χ3n) is 3.60. The zero-order chi connectivity index (χ0) is 17.1. The van der Waals surface area contributed by atoms with Crippen LogP contribution in [0, 0.1) is 0 Å². The lowest BCUT2D eigenvalue weighted by Gasteiger charge is -2.22. The topological polar surface area (TPSA) is 30.9 Å². The van der Waals surface area contributed by atoms with Gasteiger partial charge in [-0.15, -0.1) is 6.58 Å². The van der Waals surface area contributed by atoms with Gasteiger partial charge in [-0.1, -0.05) is 30.3 Å². The minimum atomic E-state index is 0.706. The lowest BCUT2D eigenvalue weighted by Crippen LogP contribution is -2.39. The number of rotatable bonds is 9. The van der Waals surface area contributed by atoms with Crippen molar-refractivity contribution in [1.82, 2.24) is 15.1 Å². The first-order valence-electron chi connectivity index (χ1n) is 8.40. The number of allylic oxidation sites excluding steroid dienone is 1. The summed E-state index contributed by atoms with van der Waals surface area (Å²) in [5, 5.41) is 3.38. The van der Waals surface area contributed by atoms with Crippen LogP contribution >= 0.6 is 0 Å². The van der Waals surface area contributed by atoms with Crippen molar-refractivity contribution >= 4 is 5.96 Å². The summed E-state index contributed by atoms with van der Waals surface area (Å²) in [7, 11) is 6.28. The Morgan fingerprint density at radius 3 is 2.52 bits per heavy atom. The molecule has 0 unspecified atom stereocenters. The number of nitrogens with one attached hydrogen (secondary N) is 1. The Hall–Kier alpha value is -1.81. The highest BCUT2D eigenvalue weighted by atomic mass is 15.3. The molecule has 1 aromatic rings. The normalized spacial score (nSPS) is 11.6. The summed E-state index contributed by atoms with van der Waals surface area (Å²) >= 11 is 0. The molecule has 0 amide bonds. The van der Waals surface area contributed by atoms with Gasteiger partial charge in [0.25, 0.3) is 0 Å². The molecule has 0 atom stereocenters. The second-order valence-corrected chi connectivity index (χ2v) is 6.03. The van der Waals surface area contributed by atoms with Crippen LogP contribution in [-0.4, -0.2) is 50.0 Å². The second kappa shape index (κ2) is 10.8. The van der Waals surface area contributed by atoms with Gasteiger partial charge >= 0.3 is 0 Å². The molecule has 0 aliphatic rings. The number of unbranched alkanes of at least 4 members (excludes halogenated alkanes) is 1. The Morgan fingerprint density at radius 2 is 1.91 bits per heavy atom. The number of aliphatic imine (C=N–C) groups is 1. The largest absolute Gasteiger partial charge is 0.357 e. The van der Waals surface area contributed by atoms with E-state index < -0.39 is 0 Å². The van der Waals surface area contributed by atoms with Gasteiger partial charge in [-0.05, 0) is 45.0 Å². The van der Waals surface area contributed by atoms with Crippen LogP contribution in [0.1, 0.15) is 30.9 Å². The molecule has 1 rings (SSSR count). The van der Waals surface area contributed by atoms with Gasteiger partial charge in [0.15, 0.2) is 5.96 Å². The molecular weight excluding hydrogens is 284 g/mol. The van der Waals surface area contributed by atoms with Gasteiger partial charge in [-0.2, -0.15) is 0 Å². The second-order valence-electron chi connectivity index (χ2n) is 6.03. The molecule has 0 fully saturated rings. The van der Waals surface area contributed by atoms with Crippen molar-refractivity contribution in [2.45, 2.75) is 32.9 Å². The molecule has 0 saturated heterocycles. The maximum absolute atomic E-state index is 4.82. The van der Waals surface area contributed by atoms with Crippen LogP contribution in [0.15, 0.2) is 41.9 Å². The molecule has 4 heteroatoms. The predicted octanol–water partition coefficient (Wildman–Crippen LogP) is 3.11. The van der Waals surface area contributed by atoms with E-state index in [2.05, 4.69) is 74.0 Å². The first-order valence-corrected chi connectivity index (χ1v) is 8.40. The van der Waals surface area contributed by atoms with E-state index in [1.54, 1.807) is 0 Å². The highest BCUT2D eigenvalue weighted by Crippen LogP contribution is 2.12. The van der Waals surface area contributed by atoms with Crippen LogP contribution in [0.5, 0.6) is 0 Å². The number of nitrogens with zero attached hydrogens (tertiary/aromatic N) is 3. The molecule has 1 aromatic carbocycles. The maximum atomic E-state index is 4.82. The lowest BCUT2D eigenvalue weighted by molar-refractivity contribution is 0.401. The Bertz CT molecular complexity index is 494. The molecule has 0 aliphatic carbocycles. The van der Waals surface area contributed by atoms with Gasteiger partial charge in [0.2, 0.25) is 0 Å². The van der Waals surface area contributed by atoms with E-state index in [9.17, 15) is 0 Å². The highest BCUT2D eigenvalue weighted by molar-refractivity contribution is 5.79. The number of guanidine groups is 1.